The second-order valence-electron chi connectivity index (χ2n) is 7.56. The van der Waals surface area contributed by atoms with Crippen molar-refractivity contribution in [3.8, 4) is 16.9 Å². The van der Waals surface area contributed by atoms with Crippen LogP contribution < -0.4 is 9.64 Å². The Morgan fingerprint density at radius 1 is 1.29 bits per heavy atom. The van der Waals surface area contributed by atoms with Gasteiger partial charge in [-0.1, -0.05) is 0 Å². The highest BCUT2D eigenvalue weighted by molar-refractivity contribution is 5.95. The van der Waals surface area contributed by atoms with Gasteiger partial charge in [0.25, 0.3) is 0 Å². The summed E-state index contributed by atoms with van der Waals surface area (Å²) in [5.74, 6) is 0.0628. The average molecular weight is 393 g/mol. The van der Waals surface area contributed by atoms with Crippen LogP contribution >= 0.6 is 0 Å². The van der Waals surface area contributed by atoms with Gasteiger partial charge in [-0.05, 0) is 44.7 Å². The molecule has 1 aliphatic carbocycles. The number of amides is 1. The average Bonchev–Trinajstić information content (AvgIpc) is 3.35. The highest BCUT2D eigenvalue weighted by atomic mass is 19.4. The Bertz CT molecular complexity index is 903. The minimum Gasteiger partial charge on any atom is -0.483 e. The van der Waals surface area contributed by atoms with Crippen LogP contribution in [0.2, 0.25) is 0 Å². The van der Waals surface area contributed by atoms with Crippen molar-refractivity contribution in [3.63, 3.8) is 0 Å². The molecule has 1 aromatic heterocycles. The van der Waals surface area contributed by atoms with Crippen molar-refractivity contribution < 1.29 is 22.7 Å². The van der Waals surface area contributed by atoms with Crippen LogP contribution in [-0.2, 0) is 11.2 Å². The summed E-state index contributed by atoms with van der Waals surface area (Å²) < 4.78 is 45.8. The van der Waals surface area contributed by atoms with Crippen LogP contribution in [-0.4, -0.2) is 34.5 Å². The number of alkyl halides is 3. The van der Waals surface area contributed by atoms with E-state index in [1.807, 2.05) is 17.8 Å². The lowest BCUT2D eigenvalue weighted by Crippen LogP contribution is -2.41. The quantitative estimate of drug-likeness (QED) is 0.768. The molecule has 0 unspecified atom stereocenters. The molecule has 2 heterocycles. The van der Waals surface area contributed by atoms with Gasteiger partial charge in [0.1, 0.15) is 5.75 Å². The highest BCUT2D eigenvalue weighted by Crippen LogP contribution is 2.44. The van der Waals surface area contributed by atoms with Crippen LogP contribution in [0.5, 0.6) is 5.75 Å². The molecule has 1 atom stereocenters. The number of benzene rings is 1. The summed E-state index contributed by atoms with van der Waals surface area (Å²) in [6, 6.07) is 3.90. The van der Waals surface area contributed by atoms with Gasteiger partial charge in [0.15, 0.2) is 6.61 Å². The number of hydrogen-bond donors (Lipinski definition) is 0. The molecule has 2 aromatic rings. The van der Waals surface area contributed by atoms with E-state index < -0.39 is 12.8 Å². The van der Waals surface area contributed by atoms with Crippen molar-refractivity contribution in [3.05, 3.63) is 30.1 Å². The Morgan fingerprint density at radius 2 is 2.04 bits per heavy atom. The Hall–Kier alpha value is -2.51. The van der Waals surface area contributed by atoms with Crippen molar-refractivity contribution in [2.75, 3.05) is 11.5 Å². The monoisotopic (exact) mass is 393 g/mol. The summed E-state index contributed by atoms with van der Waals surface area (Å²) in [4.78, 5) is 13.8. The molecule has 2 aliphatic rings. The zero-order chi connectivity index (χ0) is 20.1. The maximum absolute atomic E-state index is 12.9. The van der Waals surface area contributed by atoms with Crippen LogP contribution in [0.1, 0.15) is 44.7 Å². The van der Waals surface area contributed by atoms with E-state index >= 15 is 0 Å². The minimum atomic E-state index is -4.44. The molecule has 0 bridgehead atoms. The first-order valence-electron chi connectivity index (χ1n) is 9.44. The second-order valence-corrected chi connectivity index (χ2v) is 7.56. The highest BCUT2D eigenvalue weighted by Gasteiger charge is 2.33. The Kier molecular flexibility index (Phi) is 4.59. The summed E-state index contributed by atoms with van der Waals surface area (Å²) in [6.45, 7) is 2.03. The lowest BCUT2D eigenvalue weighted by Gasteiger charge is -2.36. The lowest BCUT2D eigenvalue weighted by molar-refractivity contribution is -0.153. The molecular weight excluding hydrogens is 371 g/mol. The van der Waals surface area contributed by atoms with Crippen LogP contribution in [0.25, 0.3) is 11.1 Å². The van der Waals surface area contributed by atoms with Crippen LogP contribution in [0.3, 0.4) is 0 Å². The smallest absolute Gasteiger partial charge is 0.422 e. The Balaban J connectivity index is 1.80. The number of hydrogen-bond acceptors (Lipinski definition) is 3. The number of nitrogens with zero attached hydrogens (tertiary/aromatic N) is 3. The molecule has 1 aromatic carbocycles. The van der Waals surface area contributed by atoms with Gasteiger partial charge in [0.05, 0.1) is 17.9 Å². The number of ether oxygens (including phenoxy) is 1. The molecule has 1 saturated carbocycles. The third kappa shape index (κ3) is 3.59. The molecule has 4 rings (SSSR count). The van der Waals surface area contributed by atoms with Crippen molar-refractivity contribution in [2.24, 2.45) is 0 Å². The molecule has 1 aliphatic heterocycles. The van der Waals surface area contributed by atoms with Gasteiger partial charge in [0.2, 0.25) is 5.91 Å². The summed E-state index contributed by atoms with van der Waals surface area (Å²) in [5.41, 5.74) is 2.57. The third-order valence-corrected chi connectivity index (χ3v) is 5.30. The van der Waals surface area contributed by atoms with E-state index in [4.69, 9.17) is 4.74 Å². The molecular formula is C20H22F3N3O2. The molecule has 1 fully saturated rings. The first-order chi connectivity index (χ1) is 13.2. The predicted octanol–water partition coefficient (Wildman–Crippen LogP) is 4.51. The Labute approximate surface area is 161 Å². The molecule has 0 radical (unpaired) electrons. The van der Waals surface area contributed by atoms with Gasteiger partial charge >= 0.3 is 6.18 Å². The zero-order valence-corrected chi connectivity index (χ0v) is 15.8. The maximum atomic E-state index is 12.9. The van der Waals surface area contributed by atoms with Crippen LogP contribution in [0, 0.1) is 0 Å². The lowest BCUT2D eigenvalue weighted by atomic mass is 9.92. The fourth-order valence-corrected chi connectivity index (χ4v) is 3.85. The molecule has 5 nitrogen and oxygen atoms in total. The summed E-state index contributed by atoms with van der Waals surface area (Å²) in [6.07, 6.45) is 2.42. The fraction of sp³-hybridized carbons (Fsp3) is 0.500. The van der Waals surface area contributed by atoms with Crippen LogP contribution in [0.4, 0.5) is 18.9 Å². The zero-order valence-electron chi connectivity index (χ0n) is 15.8. The number of carbonyl (C=O) groups excluding carboxylic acids is 1. The van der Waals surface area contributed by atoms with Gasteiger partial charge in [0, 0.05) is 35.9 Å². The standard InChI is InChI=1S/C20H22F3N3O2/c1-12-3-6-17-18(26(12)13(2)27)8-7-16(19(17)28-11-20(21,22)23)14-9-24-25(10-14)15-4-5-15/h7-10,12,15H,3-6,11H2,1-2H3/t12-/m0/s1. The first-order valence-corrected chi connectivity index (χ1v) is 9.44. The van der Waals surface area contributed by atoms with Crippen LogP contribution in [0.15, 0.2) is 24.5 Å². The summed E-state index contributed by atoms with van der Waals surface area (Å²) in [5, 5.41) is 4.35. The van der Waals surface area contributed by atoms with E-state index in [2.05, 4.69) is 5.10 Å². The topological polar surface area (TPSA) is 47.4 Å². The number of carbonyl (C=O) groups is 1. The van der Waals surface area contributed by atoms with Gasteiger partial charge in [-0.25, -0.2) is 0 Å². The Morgan fingerprint density at radius 3 is 2.68 bits per heavy atom. The van der Waals surface area contributed by atoms with Crippen molar-refractivity contribution in [1.29, 1.82) is 0 Å². The summed E-state index contributed by atoms with van der Waals surface area (Å²) in [7, 11) is 0. The largest absolute Gasteiger partial charge is 0.483 e. The predicted molar refractivity (Wildman–Crippen MR) is 98.4 cm³/mol. The van der Waals surface area contributed by atoms with E-state index in [1.165, 1.54) is 6.92 Å². The molecule has 0 N–H and O–H groups in total. The van der Waals surface area contributed by atoms with Gasteiger partial charge in [-0.15, -0.1) is 0 Å². The van der Waals surface area contributed by atoms with Gasteiger partial charge in [-0.2, -0.15) is 18.3 Å². The molecule has 1 amide bonds. The molecule has 0 spiro atoms. The van der Waals surface area contributed by atoms with E-state index in [0.29, 0.717) is 35.7 Å². The molecule has 8 heteroatoms. The van der Waals surface area contributed by atoms with E-state index in [-0.39, 0.29) is 17.7 Å². The number of rotatable bonds is 4. The van der Waals surface area contributed by atoms with Crippen molar-refractivity contribution in [1.82, 2.24) is 9.78 Å². The number of aromatic nitrogens is 2. The molecule has 0 saturated heterocycles. The van der Waals surface area contributed by atoms with E-state index in [1.54, 1.807) is 23.2 Å². The van der Waals surface area contributed by atoms with Crippen molar-refractivity contribution in [2.45, 2.75) is 57.8 Å². The van der Waals surface area contributed by atoms with Crippen molar-refractivity contribution >= 4 is 11.6 Å². The number of halogens is 3. The normalized spacial score (nSPS) is 19.5. The molecule has 28 heavy (non-hydrogen) atoms. The number of anilines is 1. The first kappa shape index (κ1) is 18.8. The SMILES string of the molecule is CC(=O)N1c2ccc(-c3cnn(C4CC4)c3)c(OCC(F)(F)F)c2CC[C@@H]1C. The van der Waals surface area contributed by atoms with Gasteiger partial charge < -0.3 is 9.64 Å². The fourth-order valence-electron chi connectivity index (χ4n) is 3.85. The van der Waals surface area contributed by atoms with Gasteiger partial charge in [-0.3, -0.25) is 9.48 Å². The number of fused-ring (bicyclic) bond motifs is 1. The third-order valence-electron chi connectivity index (χ3n) is 5.30. The minimum absolute atomic E-state index is 0.0102. The van der Waals surface area contributed by atoms with E-state index in [0.717, 1.165) is 18.4 Å². The van der Waals surface area contributed by atoms with E-state index in [9.17, 15) is 18.0 Å². The maximum Gasteiger partial charge on any atom is 0.422 e. The molecule has 150 valence electrons. The second kappa shape index (κ2) is 6.83. The summed E-state index contributed by atoms with van der Waals surface area (Å²) >= 11 is 0.